The predicted octanol–water partition coefficient (Wildman–Crippen LogP) is 2.64. The van der Waals surface area contributed by atoms with Crippen LogP contribution in [-0.4, -0.2) is 44.2 Å². The van der Waals surface area contributed by atoms with Crippen molar-refractivity contribution in [3.63, 3.8) is 0 Å². The molecule has 2 N–H and O–H groups in total. The van der Waals surface area contributed by atoms with Crippen LogP contribution in [0.15, 0.2) is 42.5 Å². The number of nitrogens with zero attached hydrogens (tertiary/aromatic N) is 1. The van der Waals surface area contributed by atoms with Crippen molar-refractivity contribution in [3.05, 3.63) is 63.7 Å². The van der Waals surface area contributed by atoms with Crippen LogP contribution in [-0.2, 0) is 11.2 Å². The van der Waals surface area contributed by atoms with Gasteiger partial charge in [0, 0.05) is 31.8 Å². The number of nitro benzene ring substituents is 1. The van der Waals surface area contributed by atoms with Gasteiger partial charge in [-0.15, -0.1) is 6.42 Å². The van der Waals surface area contributed by atoms with Gasteiger partial charge in [0.2, 0.25) is 0 Å². The van der Waals surface area contributed by atoms with Crippen LogP contribution in [0.4, 0.5) is 11.4 Å². The number of hydrogen-bond acceptors (Lipinski definition) is 6. The van der Waals surface area contributed by atoms with Crippen molar-refractivity contribution in [3.8, 4) is 18.1 Å². The Kier molecular flexibility index (Phi) is 8.48. The van der Waals surface area contributed by atoms with Crippen LogP contribution in [0.25, 0.3) is 0 Å². The van der Waals surface area contributed by atoms with Gasteiger partial charge >= 0.3 is 0 Å². The number of carbonyl (C=O) groups is 1. The fourth-order valence-corrected chi connectivity index (χ4v) is 2.56. The van der Waals surface area contributed by atoms with E-state index in [4.69, 9.17) is 15.9 Å². The predicted molar refractivity (Wildman–Crippen MR) is 110 cm³/mol. The molecule has 0 aliphatic carbocycles. The molecule has 0 radical (unpaired) electrons. The second-order valence-corrected chi connectivity index (χ2v) is 6.05. The van der Waals surface area contributed by atoms with Crippen LogP contribution >= 0.6 is 0 Å². The van der Waals surface area contributed by atoms with Gasteiger partial charge < -0.3 is 20.1 Å². The first-order valence-electron chi connectivity index (χ1n) is 8.99. The molecule has 2 aromatic carbocycles. The lowest BCUT2D eigenvalue weighted by atomic mass is 10.1. The van der Waals surface area contributed by atoms with Gasteiger partial charge in [-0.05, 0) is 36.2 Å². The van der Waals surface area contributed by atoms with Gasteiger partial charge in [0.15, 0.2) is 0 Å². The van der Waals surface area contributed by atoms with Gasteiger partial charge in [-0.3, -0.25) is 14.9 Å². The smallest absolute Gasteiger partial charge is 0.293 e. The van der Waals surface area contributed by atoms with Crippen molar-refractivity contribution in [2.45, 2.75) is 6.42 Å². The zero-order valence-corrected chi connectivity index (χ0v) is 16.1. The lowest BCUT2D eigenvalue weighted by Gasteiger charge is -2.09. The molecule has 29 heavy (non-hydrogen) atoms. The molecule has 2 aromatic rings. The molecule has 0 saturated heterocycles. The minimum absolute atomic E-state index is 0.156. The van der Waals surface area contributed by atoms with Crippen LogP contribution in [0, 0.1) is 22.5 Å². The van der Waals surface area contributed by atoms with E-state index >= 15 is 0 Å². The van der Waals surface area contributed by atoms with E-state index in [2.05, 4.69) is 16.6 Å². The molecule has 0 heterocycles. The van der Waals surface area contributed by atoms with Gasteiger partial charge in [-0.2, -0.15) is 0 Å². The van der Waals surface area contributed by atoms with E-state index in [-0.39, 0.29) is 23.8 Å². The minimum atomic E-state index is -0.518. The topological polar surface area (TPSA) is 103 Å². The quantitative estimate of drug-likeness (QED) is 0.262. The standard InChI is InChI=1S/C21H23N3O5/c1-3-13-29-18-7-4-16(5-8-18)10-11-23-21(25)17-6-9-19(22-12-14-28-2)20(15-17)24(26)27/h1,4-9,15,22H,10-14H2,2H3,(H,23,25). The molecule has 2 rings (SSSR count). The fourth-order valence-electron chi connectivity index (χ4n) is 2.56. The number of amides is 1. The minimum Gasteiger partial charge on any atom is -0.481 e. The molecule has 152 valence electrons. The Hall–Kier alpha value is -3.57. The molecule has 8 nitrogen and oxygen atoms in total. The van der Waals surface area contributed by atoms with Crippen molar-refractivity contribution in [1.29, 1.82) is 0 Å². The summed E-state index contributed by atoms with van der Waals surface area (Å²) in [6, 6.07) is 11.8. The van der Waals surface area contributed by atoms with Crippen LogP contribution in [0.2, 0.25) is 0 Å². The Morgan fingerprint density at radius 1 is 1.21 bits per heavy atom. The lowest BCUT2D eigenvalue weighted by Crippen LogP contribution is -2.25. The number of methoxy groups -OCH3 is 1. The maximum absolute atomic E-state index is 12.3. The van der Waals surface area contributed by atoms with E-state index < -0.39 is 4.92 Å². The summed E-state index contributed by atoms with van der Waals surface area (Å²) < 4.78 is 10.2. The van der Waals surface area contributed by atoms with Gasteiger partial charge in [0.1, 0.15) is 18.0 Å². The van der Waals surface area contributed by atoms with Crippen molar-refractivity contribution in [2.75, 3.05) is 38.7 Å². The lowest BCUT2D eigenvalue weighted by molar-refractivity contribution is -0.384. The second kappa shape index (κ2) is 11.3. The Bertz CT molecular complexity index is 875. The maximum atomic E-state index is 12.3. The number of nitro groups is 1. The summed E-state index contributed by atoms with van der Waals surface area (Å²) in [6.45, 7) is 1.44. The Labute approximate surface area is 169 Å². The third-order valence-corrected chi connectivity index (χ3v) is 4.02. The molecule has 0 aliphatic heterocycles. The highest BCUT2D eigenvalue weighted by Gasteiger charge is 2.17. The van der Waals surface area contributed by atoms with Gasteiger partial charge in [0.05, 0.1) is 11.5 Å². The summed E-state index contributed by atoms with van der Waals surface area (Å²) in [6.07, 6.45) is 5.76. The van der Waals surface area contributed by atoms with Crippen molar-refractivity contribution in [1.82, 2.24) is 5.32 Å². The normalized spacial score (nSPS) is 10.1. The average molecular weight is 397 g/mol. The fraction of sp³-hybridized carbons (Fsp3) is 0.286. The zero-order chi connectivity index (χ0) is 21.1. The molecular weight excluding hydrogens is 374 g/mol. The molecule has 0 spiro atoms. The number of hydrogen-bond donors (Lipinski definition) is 2. The summed E-state index contributed by atoms with van der Waals surface area (Å²) in [5.41, 5.74) is 1.43. The molecule has 0 aliphatic rings. The van der Waals surface area contributed by atoms with Gasteiger partial charge in [-0.25, -0.2) is 0 Å². The summed E-state index contributed by atoms with van der Waals surface area (Å²) in [7, 11) is 1.55. The number of ether oxygens (including phenoxy) is 2. The molecular formula is C21H23N3O5. The average Bonchev–Trinajstić information content (AvgIpc) is 2.73. The highest BCUT2D eigenvalue weighted by Crippen LogP contribution is 2.25. The summed E-state index contributed by atoms with van der Waals surface area (Å²) >= 11 is 0. The second-order valence-electron chi connectivity index (χ2n) is 6.05. The monoisotopic (exact) mass is 397 g/mol. The molecule has 0 bridgehead atoms. The largest absolute Gasteiger partial charge is 0.481 e. The Morgan fingerprint density at radius 2 is 1.97 bits per heavy atom. The Morgan fingerprint density at radius 3 is 2.62 bits per heavy atom. The molecule has 0 fully saturated rings. The summed E-state index contributed by atoms with van der Waals surface area (Å²) in [5, 5.41) is 17.0. The Balaban J connectivity index is 1.92. The van der Waals surface area contributed by atoms with E-state index in [0.29, 0.717) is 37.6 Å². The van der Waals surface area contributed by atoms with Crippen LogP contribution in [0.1, 0.15) is 15.9 Å². The number of benzene rings is 2. The van der Waals surface area contributed by atoms with E-state index in [1.165, 1.54) is 12.1 Å². The summed E-state index contributed by atoms with van der Waals surface area (Å²) in [4.78, 5) is 23.1. The van der Waals surface area contributed by atoms with E-state index in [9.17, 15) is 14.9 Å². The van der Waals surface area contributed by atoms with E-state index in [0.717, 1.165) is 5.56 Å². The molecule has 0 aromatic heterocycles. The van der Waals surface area contributed by atoms with Crippen LogP contribution < -0.4 is 15.4 Å². The molecule has 0 atom stereocenters. The molecule has 8 heteroatoms. The van der Waals surface area contributed by atoms with Crippen LogP contribution in [0.3, 0.4) is 0 Å². The number of nitrogens with one attached hydrogen (secondary N) is 2. The molecule has 0 saturated carbocycles. The number of carbonyl (C=O) groups excluding carboxylic acids is 1. The highest BCUT2D eigenvalue weighted by atomic mass is 16.6. The first kappa shape index (κ1) is 21.7. The summed E-state index contributed by atoms with van der Waals surface area (Å²) in [5.74, 6) is 2.71. The first-order chi connectivity index (χ1) is 14.0. The number of rotatable bonds is 11. The van der Waals surface area contributed by atoms with E-state index in [1.807, 2.05) is 24.3 Å². The third kappa shape index (κ3) is 6.83. The van der Waals surface area contributed by atoms with E-state index in [1.54, 1.807) is 13.2 Å². The third-order valence-electron chi connectivity index (χ3n) is 4.02. The van der Waals surface area contributed by atoms with Crippen molar-refractivity contribution >= 4 is 17.3 Å². The SMILES string of the molecule is C#CCOc1ccc(CCNC(=O)c2ccc(NCCOC)c([N+](=O)[O-])c2)cc1. The van der Waals surface area contributed by atoms with Crippen molar-refractivity contribution < 1.29 is 19.2 Å². The highest BCUT2D eigenvalue weighted by molar-refractivity contribution is 5.95. The van der Waals surface area contributed by atoms with Crippen molar-refractivity contribution in [2.24, 2.45) is 0 Å². The maximum Gasteiger partial charge on any atom is 0.293 e. The zero-order valence-electron chi connectivity index (χ0n) is 16.1. The molecule has 1 amide bonds. The van der Waals surface area contributed by atoms with Crippen LogP contribution in [0.5, 0.6) is 5.75 Å². The van der Waals surface area contributed by atoms with Gasteiger partial charge in [-0.1, -0.05) is 18.1 Å². The first-order valence-corrected chi connectivity index (χ1v) is 8.99. The van der Waals surface area contributed by atoms with Gasteiger partial charge in [0.25, 0.3) is 11.6 Å². The molecule has 0 unspecified atom stereocenters. The number of terminal acetylenes is 1. The number of anilines is 1.